The number of anilines is 1. The van der Waals surface area contributed by atoms with Crippen LogP contribution in [0.3, 0.4) is 0 Å². The highest BCUT2D eigenvalue weighted by molar-refractivity contribution is 5.55. The van der Waals surface area contributed by atoms with Crippen LogP contribution < -0.4 is 5.32 Å². The van der Waals surface area contributed by atoms with Crippen LogP contribution in [0.1, 0.15) is 35.7 Å². The molecule has 0 saturated heterocycles. The fourth-order valence-electron chi connectivity index (χ4n) is 1.92. The molecule has 94 valence electrons. The molecule has 0 bridgehead atoms. The Hall–Kier alpha value is -2.22. The second kappa shape index (κ2) is 4.57. The van der Waals surface area contributed by atoms with Gasteiger partial charge < -0.3 is 9.73 Å². The van der Waals surface area contributed by atoms with Crippen LogP contribution in [0.25, 0.3) is 0 Å². The van der Waals surface area contributed by atoms with Crippen LogP contribution in [0.2, 0.25) is 0 Å². The molecule has 5 nitrogen and oxygen atoms in total. The summed E-state index contributed by atoms with van der Waals surface area (Å²) in [6.07, 6.45) is 0. The molecule has 1 N–H and O–H groups in total. The van der Waals surface area contributed by atoms with E-state index in [-0.39, 0.29) is 6.04 Å². The first kappa shape index (κ1) is 12.2. The van der Waals surface area contributed by atoms with Crippen molar-refractivity contribution >= 4 is 5.82 Å². The van der Waals surface area contributed by atoms with Gasteiger partial charge in [0.15, 0.2) is 0 Å². The molecule has 0 spiro atoms. The van der Waals surface area contributed by atoms with Crippen molar-refractivity contribution < 1.29 is 4.42 Å². The lowest BCUT2D eigenvalue weighted by Crippen LogP contribution is -2.10. The second-order valence-electron chi connectivity index (χ2n) is 4.36. The number of nitrogens with one attached hydrogen (secondary N) is 1. The maximum Gasteiger partial charge on any atom is 0.142 e. The highest BCUT2D eigenvalue weighted by Crippen LogP contribution is 2.24. The quantitative estimate of drug-likeness (QED) is 0.901. The molecule has 18 heavy (non-hydrogen) atoms. The molecule has 0 saturated carbocycles. The lowest BCUT2D eigenvalue weighted by Gasteiger charge is -2.13. The Morgan fingerprint density at radius 2 is 2.17 bits per heavy atom. The lowest BCUT2D eigenvalue weighted by atomic mass is 10.2. The van der Waals surface area contributed by atoms with E-state index in [1.807, 2.05) is 40.0 Å². The fourth-order valence-corrected chi connectivity index (χ4v) is 1.92. The largest absolute Gasteiger partial charge is 0.464 e. The van der Waals surface area contributed by atoms with Crippen LogP contribution >= 0.6 is 0 Å². The SMILES string of the molecule is Cc1ccc(C(C)Nc2c(C#N)c(C)nn2C)o1. The molecule has 0 aliphatic rings. The molecule has 2 aromatic heterocycles. The summed E-state index contributed by atoms with van der Waals surface area (Å²) in [4.78, 5) is 0. The van der Waals surface area contributed by atoms with Gasteiger partial charge in [0.2, 0.25) is 0 Å². The molecular weight excluding hydrogens is 228 g/mol. The highest BCUT2D eigenvalue weighted by atomic mass is 16.3. The van der Waals surface area contributed by atoms with Crippen LogP contribution in [-0.4, -0.2) is 9.78 Å². The van der Waals surface area contributed by atoms with Gasteiger partial charge in [0, 0.05) is 7.05 Å². The summed E-state index contributed by atoms with van der Waals surface area (Å²) in [6.45, 7) is 5.72. The zero-order chi connectivity index (χ0) is 13.3. The maximum absolute atomic E-state index is 9.13. The Morgan fingerprint density at radius 1 is 1.44 bits per heavy atom. The van der Waals surface area contributed by atoms with Crippen molar-refractivity contribution in [2.24, 2.45) is 7.05 Å². The second-order valence-corrected chi connectivity index (χ2v) is 4.36. The molecule has 0 radical (unpaired) electrons. The Labute approximate surface area is 106 Å². The normalized spacial score (nSPS) is 12.2. The van der Waals surface area contributed by atoms with Gasteiger partial charge in [-0.3, -0.25) is 4.68 Å². The van der Waals surface area contributed by atoms with Crippen molar-refractivity contribution in [1.82, 2.24) is 9.78 Å². The third-order valence-electron chi connectivity index (χ3n) is 2.88. The van der Waals surface area contributed by atoms with Gasteiger partial charge in [-0.25, -0.2) is 0 Å². The van der Waals surface area contributed by atoms with E-state index >= 15 is 0 Å². The average molecular weight is 244 g/mol. The minimum atomic E-state index is -0.0133. The van der Waals surface area contributed by atoms with Gasteiger partial charge in [-0.15, -0.1) is 0 Å². The fraction of sp³-hybridized carbons (Fsp3) is 0.385. The van der Waals surface area contributed by atoms with Gasteiger partial charge >= 0.3 is 0 Å². The molecule has 5 heteroatoms. The molecule has 2 rings (SSSR count). The monoisotopic (exact) mass is 244 g/mol. The number of hydrogen-bond donors (Lipinski definition) is 1. The van der Waals surface area contributed by atoms with E-state index in [0.717, 1.165) is 23.0 Å². The maximum atomic E-state index is 9.13. The summed E-state index contributed by atoms with van der Waals surface area (Å²) in [5.41, 5.74) is 1.30. The zero-order valence-corrected chi connectivity index (χ0v) is 11.0. The smallest absolute Gasteiger partial charge is 0.142 e. The molecule has 1 atom stereocenters. The van der Waals surface area contributed by atoms with E-state index < -0.39 is 0 Å². The Bertz CT molecular complexity index is 603. The van der Waals surface area contributed by atoms with E-state index in [1.54, 1.807) is 4.68 Å². The summed E-state index contributed by atoms with van der Waals surface area (Å²) in [7, 11) is 1.82. The third kappa shape index (κ3) is 2.09. The minimum Gasteiger partial charge on any atom is -0.464 e. The van der Waals surface area contributed by atoms with Gasteiger partial charge in [0.1, 0.15) is 29.0 Å². The number of nitrogens with zero attached hydrogens (tertiary/aromatic N) is 3. The topological polar surface area (TPSA) is 66.8 Å². The average Bonchev–Trinajstić information content (AvgIpc) is 2.84. The minimum absolute atomic E-state index is 0.0133. The predicted molar refractivity (Wildman–Crippen MR) is 68.1 cm³/mol. The standard InChI is InChI=1S/C13H16N4O/c1-8-5-6-12(18-8)10(3)15-13-11(7-14)9(2)16-17(13)4/h5-6,10,15H,1-4H3. The lowest BCUT2D eigenvalue weighted by molar-refractivity contribution is 0.466. The molecule has 0 aliphatic carbocycles. The number of aromatic nitrogens is 2. The van der Waals surface area contributed by atoms with Crippen molar-refractivity contribution in [3.63, 3.8) is 0 Å². The van der Waals surface area contributed by atoms with Gasteiger partial charge in [-0.1, -0.05) is 0 Å². The van der Waals surface area contributed by atoms with Gasteiger partial charge in [-0.2, -0.15) is 10.4 Å². The van der Waals surface area contributed by atoms with E-state index in [9.17, 15) is 0 Å². The summed E-state index contributed by atoms with van der Waals surface area (Å²) < 4.78 is 7.24. The van der Waals surface area contributed by atoms with E-state index in [1.165, 1.54) is 0 Å². The molecule has 2 heterocycles. The molecule has 0 amide bonds. The molecule has 0 fully saturated rings. The van der Waals surface area contributed by atoms with Crippen LogP contribution in [-0.2, 0) is 7.05 Å². The molecule has 2 aromatic rings. The van der Waals surface area contributed by atoms with Gasteiger partial charge in [0.25, 0.3) is 0 Å². The summed E-state index contributed by atoms with van der Waals surface area (Å²) in [5.74, 6) is 2.44. The number of hydrogen-bond acceptors (Lipinski definition) is 4. The first-order valence-electron chi connectivity index (χ1n) is 5.79. The van der Waals surface area contributed by atoms with Crippen LogP contribution in [0.15, 0.2) is 16.5 Å². The molecular formula is C13H16N4O. The Morgan fingerprint density at radius 3 is 2.72 bits per heavy atom. The third-order valence-corrected chi connectivity index (χ3v) is 2.88. The van der Waals surface area contributed by atoms with E-state index in [4.69, 9.17) is 9.68 Å². The summed E-state index contributed by atoms with van der Waals surface area (Å²) in [6, 6.07) is 6.01. The molecule has 0 aliphatic heterocycles. The molecule has 1 unspecified atom stereocenters. The van der Waals surface area contributed by atoms with Crippen LogP contribution in [0, 0.1) is 25.2 Å². The number of nitriles is 1. The summed E-state index contributed by atoms with van der Waals surface area (Å²) >= 11 is 0. The van der Waals surface area contributed by atoms with Gasteiger partial charge in [0.05, 0.1) is 11.7 Å². The van der Waals surface area contributed by atoms with Crippen LogP contribution in [0.4, 0.5) is 5.82 Å². The number of furan rings is 1. The Kier molecular flexibility index (Phi) is 3.11. The van der Waals surface area contributed by atoms with Crippen molar-refractivity contribution in [2.75, 3.05) is 5.32 Å². The zero-order valence-electron chi connectivity index (χ0n) is 11.0. The van der Waals surface area contributed by atoms with Crippen LogP contribution in [0.5, 0.6) is 0 Å². The Balaban J connectivity index is 2.27. The van der Waals surface area contributed by atoms with Crippen molar-refractivity contribution in [3.05, 3.63) is 34.9 Å². The molecule has 0 aromatic carbocycles. The first-order chi connectivity index (χ1) is 8.52. The number of rotatable bonds is 3. The first-order valence-corrected chi connectivity index (χ1v) is 5.79. The van der Waals surface area contributed by atoms with E-state index in [2.05, 4.69) is 16.5 Å². The summed E-state index contributed by atoms with van der Waals surface area (Å²) in [5, 5.41) is 16.6. The van der Waals surface area contributed by atoms with E-state index in [0.29, 0.717) is 5.56 Å². The predicted octanol–water partition coefficient (Wildman–Crippen LogP) is 2.67. The highest BCUT2D eigenvalue weighted by Gasteiger charge is 2.17. The van der Waals surface area contributed by atoms with Crippen molar-refractivity contribution in [3.8, 4) is 6.07 Å². The van der Waals surface area contributed by atoms with Crippen molar-refractivity contribution in [2.45, 2.75) is 26.8 Å². The van der Waals surface area contributed by atoms with Crippen molar-refractivity contribution in [1.29, 1.82) is 5.26 Å². The number of aryl methyl sites for hydroxylation is 3. The van der Waals surface area contributed by atoms with Gasteiger partial charge in [-0.05, 0) is 32.9 Å².